The Balaban J connectivity index is 1.75. The second-order valence-corrected chi connectivity index (χ2v) is 5.63. The van der Waals surface area contributed by atoms with Gasteiger partial charge in [0.05, 0.1) is 53.9 Å². The molecule has 0 spiro atoms. The zero-order valence-electron chi connectivity index (χ0n) is 12.9. The standard InChI is InChI=1S/C15H17N5O3/c1-10-5-13-14(6-11(10)2)18(9-16-13)7-12(21)8-19-4-3-15(17-19)20(22)23/h3-6,9,12,21H,7-8H2,1-2H3/t12-/m1/s1. The van der Waals surface area contributed by atoms with Gasteiger partial charge >= 0.3 is 5.82 Å². The van der Waals surface area contributed by atoms with Crippen molar-refractivity contribution in [1.82, 2.24) is 19.3 Å². The van der Waals surface area contributed by atoms with E-state index in [1.165, 1.54) is 22.5 Å². The molecule has 8 nitrogen and oxygen atoms in total. The number of imidazole rings is 1. The molecule has 0 unspecified atom stereocenters. The third-order valence-corrected chi connectivity index (χ3v) is 3.86. The molecule has 1 atom stereocenters. The lowest BCUT2D eigenvalue weighted by atomic mass is 10.1. The smallest absolute Gasteiger partial charge is 0.389 e. The van der Waals surface area contributed by atoms with Crippen LogP contribution in [0.25, 0.3) is 11.0 Å². The van der Waals surface area contributed by atoms with Gasteiger partial charge in [-0.05, 0) is 42.0 Å². The Morgan fingerprint density at radius 1 is 1.30 bits per heavy atom. The number of nitro groups is 1. The molecule has 0 fully saturated rings. The first-order valence-corrected chi connectivity index (χ1v) is 7.22. The van der Waals surface area contributed by atoms with Gasteiger partial charge in [-0.15, -0.1) is 0 Å². The summed E-state index contributed by atoms with van der Waals surface area (Å²) in [5.41, 5.74) is 4.18. The van der Waals surface area contributed by atoms with Crippen LogP contribution >= 0.6 is 0 Å². The first-order chi connectivity index (χ1) is 10.9. The van der Waals surface area contributed by atoms with Crippen LogP contribution in [-0.4, -0.2) is 35.5 Å². The molecule has 3 rings (SSSR count). The number of hydrogen-bond acceptors (Lipinski definition) is 5. The Kier molecular flexibility index (Phi) is 3.83. The fraction of sp³-hybridized carbons (Fsp3) is 0.333. The molecule has 0 aliphatic heterocycles. The van der Waals surface area contributed by atoms with Crippen LogP contribution in [0.3, 0.4) is 0 Å². The fourth-order valence-electron chi connectivity index (χ4n) is 2.51. The third kappa shape index (κ3) is 3.07. The molecule has 2 heterocycles. The first kappa shape index (κ1) is 15.2. The lowest BCUT2D eigenvalue weighted by Gasteiger charge is -2.11. The van der Waals surface area contributed by atoms with Crippen molar-refractivity contribution >= 4 is 16.9 Å². The highest BCUT2D eigenvalue weighted by atomic mass is 16.6. The number of fused-ring (bicyclic) bond motifs is 1. The van der Waals surface area contributed by atoms with Crippen LogP contribution in [0.4, 0.5) is 5.82 Å². The van der Waals surface area contributed by atoms with E-state index in [-0.39, 0.29) is 12.4 Å². The highest BCUT2D eigenvalue weighted by Gasteiger charge is 2.15. The van der Waals surface area contributed by atoms with Crippen molar-refractivity contribution in [2.24, 2.45) is 0 Å². The molecule has 0 saturated heterocycles. The number of rotatable bonds is 5. The number of aliphatic hydroxyl groups is 1. The van der Waals surface area contributed by atoms with E-state index in [0.29, 0.717) is 6.54 Å². The summed E-state index contributed by atoms with van der Waals surface area (Å²) >= 11 is 0. The highest BCUT2D eigenvalue weighted by Crippen LogP contribution is 2.19. The fourth-order valence-corrected chi connectivity index (χ4v) is 2.51. The molecule has 0 aliphatic rings. The topological polar surface area (TPSA) is 99.0 Å². The summed E-state index contributed by atoms with van der Waals surface area (Å²) in [5, 5.41) is 24.6. The maximum atomic E-state index is 10.6. The minimum Gasteiger partial charge on any atom is -0.389 e. The molecule has 1 N–H and O–H groups in total. The van der Waals surface area contributed by atoms with Crippen LogP contribution in [0.2, 0.25) is 0 Å². The van der Waals surface area contributed by atoms with E-state index in [4.69, 9.17) is 0 Å². The van der Waals surface area contributed by atoms with E-state index < -0.39 is 11.0 Å². The number of nitrogens with zero attached hydrogens (tertiary/aromatic N) is 5. The Bertz CT molecular complexity index is 867. The van der Waals surface area contributed by atoms with Gasteiger partial charge in [-0.25, -0.2) is 4.98 Å². The Hall–Kier alpha value is -2.74. The third-order valence-electron chi connectivity index (χ3n) is 3.86. The van der Waals surface area contributed by atoms with Gasteiger partial charge in [0.2, 0.25) is 0 Å². The predicted octanol–water partition coefficient (Wildman–Crippen LogP) is 1.82. The molecule has 0 aliphatic carbocycles. The molecule has 8 heteroatoms. The number of hydrogen-bond donors (Lipinski definition) is 1. The van der Waals surface area contributed by atoms with Crippen molar-refractivity contribution < 1.29 is 10.0 Å². The van der Waals surface area contributed by atoms with E-state index in [0.717, 1.165) is 16.6 Å². The number of aryl methyl sites for hydroxylation is 2. The molecule has 120 valence electrons. The summed E-state index contributed by atoms with van der Waals surface area (Å²) in [6, 6.07) is 5.37. The molecule has 1 aromatic carbocycles. The van der Waals surface area contributed by atoms with Gasteiger partial charge in [0, 0.05) is 0 Å². The maximum absolute atomic E-state index is 10.6. The molecular formula is C15H17N5O3. The maximum Gasteiger partial charge on any atom is 0.389 e. The highest BCUT2D eigenvalue weighted by molar-refractivity contribution is 5.77. The van der Waals surface area contributed by atoms with Crippen molar-refractivity contribution in [3.05, 3.63) is 52.0 Å². The molecule has 0 amide bonds. The van der Waals surface area contributed by atoms with Gasteiger partial charge in [0.1, 0.15) is 0 Å². The average molecular weight is 315 g/mol. The second-order valence-electron chi connectivity index (χ2n) is 5.63. The molecule has 0 bridgehead atoms. The minimum absolute atomic E-state index is 0.179. The summed E-state index contributed by atoms with van der Waals surface area (Å²) in [5.74, 6) is -0.226. The van der Waals surface area contributed by atoms with Crippen molar-refractivity contribution in [3.8, 4) is 0 Å². The van der Waals surface area contributed by atoms with Gasteiger partial charge < -0.3 is 19.8 Å². The summed E-state index contributed by atoms with van der Waals surface area (Å²) in [4.78, 5) is 14.4. The van der Waals surface area contributed by atoms with Gasteiger partial charge in [-0.2, -0.15) is 4.68 Å². The Labute approximate surface area is 132 Å². The predicted molar refractivity (Wildman–Crippen MR) is 84.1 cm³/mol. The number of benzene rings is 1. The number of aliphatic hydroxyl groups excluding tert-OH is 1. The largest absolute Gasteiger partial charge is 0.389 e. The summed E-state index contributed by atoms with van der Waals surface area (Å²) in [6.45, 7) is 4.59. The summed E-state index contributed by atoms with van der Waals surface area (Å²) < 4.78 is 3.25. The van der Waals surface area contributed by atoms with Crippen LogP contribution in [0.1, 0.15) is 11.1 Å². The Morgan fingerprint density at radius 3 is 2.74 bits per heavy atom. The van der Waals surface area contributed by atoms with Crippen molar-refractivity contribution in [2.45, 2.75) is 33.0 Å². The normalized spacial score (nSPS) is 12.7. The molecule has 0 radical (unpaired) electrons. The summed E-state index contributed by atoms with van der Waals surface area (Å²) in [6.07, 6.45) is 2.45. The van der Waals surface area contributed by atoms with E-state index in [1.807, 2.05) is 30.5 Å². The van der Waals surface area contributed by atoms with E-state index in [9.17, 15) is 15.2 Å². The van der Waals surface area contributed by atoms with Crippen molar-refractivity contribution in [1.29, 1.82) is 0 Å². The molecule has 2 aromatic heterocycles. The lowest BCUT2D eigenvalue weighted by Crippen LogP contribution is -2.22. The Morgan fingerprint density at radius 2 is 2.04 bits per heavy atom. The van der Waals surface area contributed by atoms with Crippen LogP contribution in [0.15, 0.2) is 30.7 Å². The van der Waals surface area contributed by atoms with Crippen LogP contribution in [0, 0.1) is 24.0 Å². The summed E-state index contributed by atoms with van der Waals surface area (Å²) in [7, 11) is 0. The quantitative estimate of drug-likeness (QED) is 0.572. The van der Waals surface area contributed by atoms with Gasteiger partial charge in [-0.3, -0.25) is 0 Å². The molecule has 23 heavy (non-hydrogen) atoms. The van der Waals surface area contributed by atoms with E-state index in [1.54, 1.807) is 6.33 Å². The monoisotopic (exact) mass is 315 g/mol. The lowest BCUT2D eigenvalue weighted by molar-refractivity contribution is -0.389. The molecule has 0 saturated carbocycles. The molecular weight excluding hydrogens is 298 g/mol. The average Bonchev–Trinajstić information content (AvgIpc) is 3.08. The van der Waals surface area contributed by atoms with Crippen LogP contribution in [0.5, 0.6) is 0 Å². The minimum atomic E-state index is -0.728. The van der Waals surface area contributed by atoms with Crippen molar-refractivity contribution in [3.63, 3.8) is 0 Å². The zero-order valence-corrected chi connectivity index (χ0v) is 12.9. The van der Waals surface area contributed by atoms with E-state index >= 15 is 0 Å². The second kappa shape index (κ2) is 5.81. The number of aromatic nitrogens is 4. The van der Waals surface area contributed by atoms with Crippen molar-refractivity contribution in [2.75, 3.05) is 0 Å². The molecule has 3 aromatic rings. The van der Waals surface area contributed by atoms with Crippen LogP contribution < -0.4 is 0 Å². The van der Waals surface area contributed by atoms with Gasteiger partial charge in [0.15, 0.2) is 0 Å². The SMILES string of the molecule is Cc1cc2ncn(C[C@@H](O)Cn3ccc([N+](=O)[O-])n3)c2cc1C. The van der Waals surface area contributed by atoms with E-state index in [2.05, 4.69) is 10.1 Å². The van der Waals surface area contributed by atoms with Crippen LogP contribution in [-0.2, 0) is 13.1 Å². The first-order valence-electron chi connectivity index (χ1n) is 7.22. The van der Waals surface area contributed by atoms with Gasteiger partial charge in [-0.1, -0.05) is 0 Å². The van der Waals surface area contributed by atoms with Gasteiger partial charge in [0.25, 0.3) is 0 Å². The zero-order chi connectivity index (χ0) is 16.6.